The van der Waals surface area contributed by atoms with Crippen molar-refractivity contribution in [2.75, 3.05) is 56.2 Å². The smallest absolute Gasteiger partial charge is 0.318 e. The molecule has 3 atom stereocenters. The molecule has 43 heavy (non-hydrogen) atoms. The highest BCUT2D eigenvalue weighted by Crippen LogP contribution is 2.37. The Balaban J connectivity index is 1.33. The van der Waals surface area contributed by atoms with Crippen LogP contribution >= 0.6 is 27.5 Å². The van der Waals surface area contributed by atoms with Gasteiger partial charge < -0.3 is 24.3 Å². The van der Waals surface area contributed by atoms with Crippen LogP contribution in [-0.2, 0) is 17.8 Å². The van der Waals surface area contributed by atoms with Crippen molar-refractivity contribution in [3.8, 4) is 12.1 Å². The molecular weight excluding hydrogens is 630 g/mol. The minimum absolute atomic E-state index is 0.0127. The average molecular weight is 667 g/mol. The molecule has 0 saturated carbocycles. The van der Waals surface area contributed by atoms with Crippen LogP contribution in [0.15, 0.2) is 36.4 Å². The minimum atomic E-state index is -0.297. The molecule has 9 nitrogen and oxygen atoms in total. The van der Waals surface area contributed by atoms with E-state index in [4.69, 9.17) is 26.3 Å². The van der Waals surface area contributed by atoms with Gasteiger partial charge in [-0.15, -0.1) is 0 Å². The highest BCUT2D eigenvalue weighted by atomic mass is 79.9. The summed E-state index contributed by atoms with van der Waals surface area (Å²) in [6.07, 6.45) is 3.29. The monoisotopic (exact) mass is 665 g/mol. The number of piperazine rings is 1. The van der Waals surface area contributed by atoms with Crippen LogP contribution in [0.4, 0.5) is 11.5 Å². The maximum absolute atomic E-state index is 12.9. The molecule has 226 valence electrons. The van der Waals surface area contributed by atoms with Gasteiger partial charge in [-0.25, -0.2) is 0 Å². The van der Waals surface area contributed by atoms with Crippen molar-refractivity contribution in [1.29, 1.82) is 5.26 Å². The van der Waals surface area contributed by atoms with Crippen molar-refractivity contribution in [2.24, 2.45) is 0 Å². The number of rotatable bonds is 7. The molecule has 0 aliphatic carbocycles. The largest absolute Gasteiger partial charge is 0.462 e. The van der Waals surface area contributed by atoms with E-state index in [0.29, 0.717) is 44.8 Å². The van der Waals surface area contributed by atoms with Crippen molar-refractivity contribution < 1.29 is 9.53 Å². The van der Waals surface area contributed by atoms with E-state index in [9.17, 15) is 10.1 Å². The summed E-state index contributed by atoms with van der Waals surface area (Å²) in [7, 11) is 2.14. The van der Waals surface area contributed by atoms with Crippen LogP contribution < -0.4 is 14.5 Å². The Kier molecular flexibility index (Phi) is 8.94. The predicted molar refractivity (Wildman–Crippen MR) is 173 cm³/mol. The van der Waals surface area contributed by atoms with Crippen molar-refractivity contribution in [1.82, 2.24) is 19.8 Å². The van der Waals surface area contributed by atoms with Crippen LogP contribution in [-0.4, -0.2) is 89.0 Å². The van der Waals surface area contributed by atoms with Gasteiger partial charge in [0.1, 0.15) is 12.4 Å². The summed E-state index contributed by atoms with van der Waals surface area (Å²) in [5.74, 6) is 0.871. The van der Waals surface area contributed by atoms with Gasteiger partial charge in [0.25, 0.3) is 0 Å². The van der Waals surface area contributed by atoms with E-state index in [1.165, 1.54) is 6.42 Å². The van der Waals surface area contributed by atoms with Crippen LogP contribution in [0.1, 0.15) is 37.4 Å². The maximum Gasteiger partial charge on any atom is 0.318 e. The fraction of sp³-hybridized carbons (Fsp3) is 0.500. The number of hydrogen-bond donors (Lipinski definition) is 0. The first-order chi connectivity index (χ1) is 20.8. The van der Waals surface area contributed by atoms with Gasteiger partial charge in [-0.1, -0.05) is 51.8 Å². The number of nitrogens with zero attached hydrogens (tertiary/aromatic N) is 7. The number of anilines is 2. The standard InChI is InChI=1S/C32H37BrClN7O2/c1-21(33)31(42)41-17-16-40(18-23(41)11-13-35)30-25-12-15-39(28-10-4-7-22-6-3-9-26(34)29(22)28)19-27(25)36-32(37-30)43-20-24-8-5-14-38(24)2/h3-4,6-7,9-10,21,23-24H,5,8,11-12,14-20H2,1-2H3/t21?,23-,24-/m0/s1. The Morgan fingerprint density at radius 1 is 1.14 bits per heavy atom. The summed E-state index contributed by atoms with van der Waals surface area (Å²) in [6.45, 7) is 6.55. The highest BCUT2D eigenvalue weighted by Gasteiger charge is 2.35. The Hall–Kier alpha value is -3.13. The van der Waals surface area contributed by atoms with Crippen molar-refractivity contribution in [2.45, 2.75) is 56.1 Å². The van der Waals surface area contributed by atoms with E-state index in [-0.39, 0.29) is 23.2 Å². The van der Waals surface area contributed by atoms with Crippen LogP contribution in [0, 0.1) is 11.3 Å². The maximum atomic E-state index is 12.9. The first kappa shape index (κ1) is 29.9. The SMILES string of the molecule is CC(Br)C(=O)N1CCN(c2nc(OC[C@@H]3CCCN3C)nc3c2CCN(c2cccc4cccc(Cl)c24)C3)C[C@@H]1CC#N. The van der Waals surface area contributed by atoms with Gasteiger partial charge in [0.15, 0.2) is 0 Å². The molecular formula is C32H37BrClN7O2. The molecule has 11 heteroatoms. The first-order valence-electron chi connectivity index (χ1n) is 15.1. The normalized spacial score (nSPS) is 21.5. The second-order valence-electron chi connectivity index (χ2n) is 11.7. The van der Waals surface area contributed by atoms with Crippen LogP contribution in [0.2, 0.25) is 5.02 Å². The number of amides is 1. The molecule has 0 bridgehead atoms. The van der Waals surface area contributed by atoms with E-state index in [1.54, 1.807) is 0 Å². The fourth-order valence-corrected chi connectivity index (χ4v) is 7.21. The quantitative estimate of drug-likeness (QED) is 0.325. The zero-order valence-corrected chi connectivity index (χ0v) is 27.0. The third kappa shape index (κ3) is 6.13. The Labute approximate surface area is 266 Å². The molecule has 2 fully saturated rings. The third-order valence-electron chi connectivity index (χ3n) is 9.00. The number of ether oxygens (including phenoxy) is 1. The molecule has 1 amide bonds. The number of alkyl halides is 1. The molecule has 0 N–H and O–H groups in total. The topological polar surface area (TPSA) is 88.8 Å². The molecule has 3 aromatic rings. The lowest BCUT2D eigenvalue weighted by Gasteiger charge is -2.43. The molecule has 4 heterocycles. The molecule has 0 radical (unpaired) electrons. The van der Waals surface area contributed by atoms with E-state index >= 15 is 0 Å². The summed E-state index contributed by atoms with van der Waals surface area (Å²) in [5, 5.41) is 12.5. The number of likely N-dealkylation sites (tertiary alicyclic amines) is 1. The number of halogens is 2. The lowest BCUT2D eigenvalue weighted by molar-refractivity contribution is -0.132. The zero-order valence-electron chi connectivity index (χ0n) is 24.7. The zero-order chi connectivity index (χ0) is 30.1. The molecule has 6 rings (SSSR count). The van der Waals surface area contributed by atoms with E-state index in [2.05, 4.69) is 68.0 Å². The summed E-state index contributed by atoms with van der Waals surface area (Å²) < 4.78 is 6.30. The second-order valence-corrected chi connectivity index (χ2v) is 13.5. The van der Waals surface area contributed by atoms with Crippen LogP contribution in [0.25, 0.3) is 10.8 Å². The van der Waals surface area contributed by atoms with Crippen molar-refractivity contribution in [3.63, 3.8) is 0 Å². The summed E-state index contributed by atoms with van der Waals surface area (Å²) >= 11 is 10.1. The average Bonchev–Trinajstić information content (AvgIpc) is 3.43. The second kappa shape index (κ2) is 12.8. The summed E-state index contributed by atoms with van der Waals surface area (Å²) in [4.78, 5) is 31.3. The third-order valence-corrected chi connectivity index (χ3v) is 9.71. The van der Waals surface area contributed by atoms with Crippen LogP contribution in [0.5, 0.6) is 6.01 Å². The number of hydrogen-bond acceptors (Lipinski definition) is 8. The molecule has 3 aliphatic heterocycles. The van der Waals surface area contributed by atoms with Crippen molar-refractivity contribution in [3.05, 3.63) is 52.7 Å². The fourth-order valence-electron chi connectivity index (χ4n) is 6.67. The number of nitriles is 1. The number of aromatic nitrogens is 2. The van der Waals surface area contributed by atoms with Crippen LogP contribution in [0.3, 0.4) is 0 Å². The van der Waals surface area contributed by atoms with Gasteiger partial charge in [0, 0.05) is 48.9 Å². The van der Waals surface area contributed by atoms with Gasteiger partial charge in [-0.2, -0.15) is 15.2 Å². The Morgan fingerprint density at radius 2 is 1.95 bits per heavy atom. The van der Waals surface area contributed by atoms with Gasteiger partial charge in [0.05, 0.1) is 40.6 Å². The van der Waals surface area contributed by atoms with E-state index < -0.39 is 0 Å². The lowest BCUT2D eigenvalue weighted by Crippen LogP contribution is -2.57. The van der Waals surface area contributed by atoms with Gasteiger partial charge in [0.2, 0.25) is 5.91 Å². The number of benzene rings is 2. The number of fused-ring (bicyclic) bond motifs is 2. The molecule has 0 spiro atoms. The highest BCUT2D eigenvalue weighted by molar-refractivity contribution is 9.10. The Morgan fingerprint density at radius 3 is 2.70 bits per heavy atom. The van der Waals surface area contributed by atoms with Crippen molar-refractivity contribution >= 4 is 55.7 Å². The Bertz CT molecular complexity index is 1540. The predicted octanol–water partition coefficient (Wildman–Crippen LogP) is 5.03. The van der Waals surface area contributed by atoms with Gasteiger partial charge in [-0.05, 0) is 57.3 Å². The van der Waals surface area contributed by atoms with Gasteiger partial charge in [-0.3, -0.25) is 4.79 Å². The minimum Gasteiger partial charge on any atom is -0.462 e. The summed E-state index contributed by atoms with van der Waals surface area (Å²) in [5.41, 5.74) is 3.14. The first-order valence-corrected chi connectivity index (χ1v) is 16.3. The van der Waals surface area contributed by atoms with E-state index in [1.807, 2.05) is 24.0 Å². The van der Waals surface area contributed by atoms with E-state index in [0.717, 1.165) is 64.5 Å². The molecule has 3 aliphatic rings. The number of carbonyl (C=O) groups is 1. The number of carbonyl (C=O) groups excluding carboxylic acids is 1. The number of likely N-dealkylation sites (N-methyl/N-ethyl adjacent to an activating group) is 1. The molecule has 1 unspecified atom stereocenters. The summed E-state index contributed by atoms with van der Waals surface area (Å²) in [6, 6.07) is 15.1. The van der Waals surface area contributed by atoms with Gasteiger partial charge >= 0.3 is 6.01 Å². The molecule has 2 saturated heterocycles. The lowest BCUT2D eigenvalue weighted by atomic mass is 10.0. The molecule has 2 aromatic carbocycles. The molecule has 1 aromatic heterocycles.